The summed E-state index contributed by atoms with van der Waals surface area (Å²) in [5, 5.41) is 10.2. The molecule has 234 valence electrons. The first-order valence-electron chi connectivity index (χ1n) is 16.9. The van der Waals surface area contributed by atoms with Crippen molar-refractivity contribution in [1.82, 2.24) is 4.57 Å². The van der Waals surface area contributed by atoms with E-state index in [0.717, 1.165) is 17.1 Å². The molecule has 0 N–H and O–H groups in total. The van der Waals surface area contributed by atoms with Gasteiger partial charge in [0.25, 0.3) is 0 Å². The van der Waals surface area contributed by atoms with E-state index >= 15 is 0 Å². The number of para-hydroxylation sites is 3. The van der Waals surface area contributed by atoms with Gasteiger partial charge in [0.05, 0.1) is 27.1 Å². The number of hydrogen-bond acceptors (Lipinski definition) is 3. The van der Waals surface area contributed by atoms with Crippen molar-refractivity contribution in [3.63, 3.8) is 0 Å². The Bertz CT molecular complexity index is 3110. The Kier molecular flexibility index (Phi) is 6.03. The molecular weight excluding hydrogens is 645 g/mol. The molecule has 0 saturated carbocycles. The van der Waals surface area contributed by atoms with Gasteiger partial charge < -0.3 is 9.47 Å². The van der Waals surface area contributed by atoms with Gasteiger partial charge in [-0.05, 0) is 77.5 Å². The van der Waals surface area contributed by atoms with Gasteiger partial charge in [0.2, 0.25) is 0 Å². The SMILES string of the molecule is c1ccc(-n2c3ccccc3c3cccc(N(c4ccc5cc6sc7ccccc7c6cc5c4)c4cccc5c4sc4ccccc45)c32)cc1. The summed E-state index contributed by atoms with van der Waals surface area (Å²) in [4.78, 5) is 2.51. The first kappa shape index (κ1) is 28.0. The van der Waals surface area contributed by atoms with Gasteiger partial charge in [-0.3, -0.25) is 0 Å². The molecule has 0 amide bonds. The molecule has 2 nitrogen and oxygen atoms in total. The van der Waals surface area contributed by atoms with Gasteiger partial charge in [0.15, 0.2) is 0 Å². The largest absolute Gasteiger partial charge is 0.307 e. The number of aromatic nitrogens is 1. The fourth-order valence-corrected chi connectivity index (χ4v) is 10.3. The van der Waals surface area contributed by atoms with Gasteiger partial charge >= 0.3 is 0 Å². The van der Waals surface area contributed by atoms with Gasteiger partial charge in [-0.25, -0.2) is 0 Å². The number of anilines is 3. The number of nitrogens with zero attached hydrogens (tertiary/aromatic N) is 2. The standard InChI is InChI=1S/C46H28N2S2/c1-2-12-31(13-3-1)48-39-19-7-4-14-33(39)36-17-10-20-40(45(36)48)47(41-21-11-18-37-34-15-5-9-23-43(34)50-46(37)41)32-25-24-29-28-44-38(27-30(29)26-32)35-16-6-8-22-42(35)49-44/h1-28H. The summed E-state index contributed by atoms with van der Waals surface area (Å²) in [6.45, 7) is 0. The predicted molar refractivity (Wildman–Crippen MR) is 219 cm³/mol. The van der Waals surface area contributed by atoms with Gasteiger partial charge in [-0.15, -0.1) is 22.7 Å². The maximum atomic E-state index is 2.51. The van der Waals surface area contributed by atoms with E-state index in [1.165, 1.54) is 78.6 Å². The minimum Gasteiger partial charge on any atom is -0.307 e. The Labute approximate surface area is 296 Å². The normalized spacial score (nSPS) is 12.0. The van der Waals surface area contributed by atoms with Crippen LogP contribution in [0.15, 0.2) is 170 Å². The highest BCUT2D eigenvalue weighted by atomic mass is 32.1. The predicted octanol–water partition coefficient (Wildman–Crippen LogP) is 14.1. The summed E-state index contributed by atoms with van der Waals surface area (Å²) in [6, 6.07) is 62.5. The van der Waals surface area contributed by atoms with Crippen molar-refractivity contribution >= 4 is 113 Å². The van der Waals surface area contributed by atoms with Crippen molar-refractivity contribution in [3.05, 3.63) is 170 Å². The van der Waals surface area contributed by atoms with Crippen LogP contribution in [0.5, 0.6) is 0 Å². The van der Waals surface area contributed by atoms with Crippen LogP contribution in [0.1, 0.15) is 0 Å². The molecule has 0 fully saturated rings. The van der Waals surface area contributed by atoms with Crippen LogP contribution in [0.3, 0.4) is 0 Å². The molecule has 0 saturated heterocycles. The van der Waals surface area contributed by atoms with Crippen LogP contribution in [0.4, 0.5) is 17.1 Å². The fraction of sp³-hybridized carbons (Fsp3) is 0. The quantitative estimate of drug-likeness (QED) is 0.181. The first-order chi connectivity index (χ1) is 24.8. The van der Waals surface area contributed by atoms with Crippen molar-refractivity contribution in [1.29, 1.82) is 0 Å². The summed E-state index contributed by atoms with van der Waals surface area (Å²) >= 11 is 3.75. The highest BCUT2D eigenvalue weighted by Crippen LogP contribution is 2.48. The third-order valence-corrected chi connectivity index (χ3v) is 12.5. The number of fused-ring (bicyclic) bond motifs is 10. The molecule has 0 spiro atoms. The lowest BCUT2D eigenvalue weighted by molar-refractivity contribution is 1.17. The highest BCUT2D eigenvalue weighted by molar-refractivity contribution is 7.26. The van der Waals surface area contributed by atoms with E-state index in [9.17, 15) is 0 Å². The van der Waals surface area contributed by atoms with Crippen LogP contribution in [-0.2, 0) is 0 Å². The molecule has 3 aromatic heterocycles. The zero-order chi connectivity index (χ0) is 32.8. The molecule has 0 aliphatic carbocycles. The number of thiophene rings is 2. The number of hydrogen-bond donors (Lipinski definition) is 0. The summed E-state index contributed by atoms with van der Waals surface area (Å²) in [7, 11) is 0. The van der Waals surface area contributed by atoms with Crippen LogP contribution in [0.25, 0.3) is 78.6 Å². The lowest BCUT2D eigenvalue weighted by atomic mass is 10.0. The molecule has 11 aromatic rings. The molecule has 0 aliphatic rings. The first-order valence-corrected chi connectivity index (χ1v) is 18.6. The zero-order valence-corrected chi connectivity index (χ0v) is 28.5. The molecule has 50 heavy (non-hydrogen) atoms. The summed E-state index contributed by atoms with van der Waals surface area (Å²) < 4.78 is 7.69. The maximum Gasteiger partial charge on any atom is 0.0782 e. The maximum absolute atomic E-state index is 2.51. The zero-order valence-electron chi connectivity index (χ0n) is 26.9. The Hall–Kier alpha value is -5.94. The Morgan fingerprint density at radius 2 is 1.06 bits per heavy atom. The molecule has 0 aliphatic heterocycles. The second kappa shape index (κ2) is 10.8. The monoisotopic (exact) mass is 672 g/mol. The molecule has 8 aromatic carbocycles. The molecule has 0 unspecified atom stereocenters. The van der Waals surface area contributed by atoms with E-state index < -0.39 is 0 Å². The van der Waals surface area contributed by atoms with Crippen LogP contribution in [0.2, 0.25) is 0 Å². The molecule has 4 heteroatoms. The molecule has 3 heterocycles. The van der Waals surface area contributed by atoms with Gasteiger partial charge in [-0.2, -0.15) is 0 Å². The van der Waals surface area contributed by atoms with Crippen LogP contribution in [0, 0.1) is 0 Å². The van der Waals surface area contributed by atoms with Crippen molar-refractivity contribution < 1.29 is 0 Å². The topological polar surface area (TPSA) is 8.17 Å². The average molecular weight is 673 g/mol. The molecule has 11 rings (SSSR count). The Balaban J connectivity index is 1.26. The van der Waals surface area contributed by atoms with Gasteiger partial charge in [-0.1, -0.05) is 103 Å². The minimum atomic E-state index is 1.14. The Morgan fingerprint density at radius 3 is 1.90 bits per heavy atom. The van der Waals surface area contributed by atoms with E-state index in [1.54, 1.807) is 0 Å². The number of rotatable bonds is 4. The molecule has 0 radical (unpaired) electrons. The van der Waals surface area contributed by atoms with E-state index in [-0.39, 0.29) is 0 Å². The number of benzene rings is 8. The van der Waals surface area contributed by atoms with E-state index in [0.29, 0.717) is 0 Å². The third kappa shape index (κ3) is 4.07. The van der Waals surface area contributed by atoms with Crippen molar-refractivity contribution in [2.24, 2.45) is 0 Å². The molecule has 0 bridgehead atoms. The minimum absolute atomic E-state index is 1.14. The van der Waals surface area contributed by atoms with Crippen molar-refractivity contribution in [2.75, 3.05) is 4.90 Å². The fourth-order valence-electron chi connectivity index (χ4n) is 7.94. The smallest absolute Gasteiger partial charge is 0.0782 e. The van der Waals surface area contributed by atoms with Crippen LogP contribution < -0.4 is 4.90 Å². The lowest BCUT2D eigenvalue weighted by Crippen LogP contribution is -2.12. The van der Waals surface area contributed by atoms with E-state index in [4.69, 9.17) is 0 Å². The van der Waals surface area contributed by atoms with Crippen LogP contribution in [-0.4, -0.2) is 4.57 Å². The molecule has 0 atom stereocenters. The van der Waals surface area contributed by atoms with Gasteiger partial charge in [0, 0.05) is 57.8 Å². The second-order valence-electron chi connectivity index (χ2n) is 12.9. The van der Waals surface area contributed by atoms with Crippen molar-refractivity contribution in [3.8, 4) is 5.69 Å². The lowest BCUT2D eigenvalue weighted by Gasteiger charge is -2.28. The molecular formula is C46H28N2S2. The highest BCUT2D eigenvalue weighted by Gasteiger charge is 2.24. The Morgan fingerprint density at radius 1 is 0.400 bits per heavy atom. The van der Waals surface area contributed by atoms with Gasteiger partial charge in [0.1, 0.15) is 0 Å². The van der Waals surface area contributed by atoms with Crippen LogP contribution >= 0.6 is 22.7 Å². The summed E-state index contributed by atoms with van der Waals surface area (Å²) in [5.41, 5.74) is 7.01. The third-order valence-electron chi connectivity index (χ3n) is 10.1. The van der Waals surface area contributed by atoms with Crippen molar-refractivity contribution in [2.45, 2.75) is 0 Å². The summed E-state index contributed by atoms with van der Waals surface area (Å²) in [6.07, 6.45) is 0. The van der Waals surface area contributed by atoms with E-state index in [1.807, 2.05) is 22.7 Å². The van der Waals surface area contributed by atoms with E-state index in [2.05, 4.69) is 179 Å². The average Bonchev–Trinajstić information content (AvgIpc) is 3.84. The second-order valence-corrected chi connectivity index (χ2v) is 15.1. The summed E-state index contributed by atoms with van der Waals surface area (Å²) in [5.74, 6) is 0.